The van der Waals surface area contributed by atoms with Crippen LogP contribution in [0.4, 0.5) is 14.5 Å². The molecule has 2 bridgehead atoms. The van der Waals surface area contributed by atoms with Crippen LogP contribution < -0.4 is 5.32 Å². The van der Waals surface area contributed by atoms with Crippen LogP contribution in [0.1, 0.15) is 43.0 Å². The number of hydrogen-bond acceptors (Lipinski definition) is 6. The number of carbonyl (C=O) groups is 1. The molecule has 0 saturated heterocycles. The highest BCUT2D eigenvalue weighted by Crippen LogP contribution is 2.54. The van der Waals surface area contributed by atoms with Crippen LogP contribution in [0.15, 0.2) is 41.3 Å². The smallest absolute Gasteiger partial charge is 0.255 e. The molecule has 2 aliphatic carbocycles. The second kappa shape index (κ2) is 9.40. The van der Waals surface area contributed by atoms with Gasteiger partial charge in [-0.15, -0.1) is 0 Å². The van der Waals surface area contributed by atoms with Gasteiger partial charge in [0.15, 0.2) is 21.5 Å². The van der Waals surface area contributed by atoms with E-state index < -0.39 is 62.3 Å². The third kappa shape index (κ3) is 4.58. The summed E-state index contributed by atoms with van der Waals surface area (Å²) in [6, 6.07) is 6.57. The molecular formula is C24H26ClF2NO6S. The zero-order chi connectivity index (χ0) is 25.7. The lowest BCUT2D eigenvalue weighted by Gasteiger charge is -2.46. The van der Waals surface area contributed by atoms with Crippen molar-refractivity contribution in [3.63, 3.8) is 0 Å². The molecule has 0 radical (unpaired) electrons. The van der Waals surface area contributed by atoms with Crippen LogP contribution in [0.3, 0.4) is 0 Å². The van der Waals surface area contributed by atoms with E-state index in [0.717, 1.165) is 18.2 Å². The standard InChI is InChI=1S/C24H26ClF2NO6S/c1-12(29)22(30)24(32)14-3-4-15(24)10-17(9-14)35(33,34)21-8-13(2-6-18(21)25)23(31)28-16-5-7-19(26)20(27)11-16/h2,5-8,11-12,14-15,17,22,29-30,32H,3-4,9-10H2,1H3,(H,28,31)/t12-,14+,15?,17+,22+,24+/m1/s1. The SMILES string of the molecule is C[C@@H](O)[C@H](O)[C@@]1(O)C2CC[C@H]1C[C@H](S(=O)(=O)c1cc(C(=O)Nc3ccc(F)c(F)c3)ccc1Cl)C2. The lowest BCUT2D eigenvalue weighted by molar-refractivity contribution is -0.172. The molecule has 2 aromatic rings. The Bertz CT molecular complexity index is 1240. The second-order valence-electron chi connectivity index (χ2n) is 9.41. The van der Waals surface area contributed by atoms with Gasteiger partial charge in [0.05, 0.1) is 26.9 Å². The largest absolute Gasteiger partial charge is 0.391 e. The molecule has 1 amide bonds. The van der Waals surface area contributed by atoms with E-state index in [1.807, 2.05) is 0 Å². The highest BCUT2D eigenvalue weighted by atomic mass is 35.5. The molecule has 35 heavy (non-hydrogen) atoms. The first-order valence-electron chi connectivity index (χ1n) is 11.2. The van der Waals surface area contributed by atoms with Crippen molar-refractivity contribution >= 4 is 33.0 Å². The Hall–Kier alpha value is -2.11. The van der Waals surface area contributed by atoms with Crippen molar-refractivity contribution in [2.45, 2.75) is 60.6 Å². The molecule has 0 aliphatic heterocycles. The van der Waals surface area contributed by atoms with Crippen LogP contribution in [0.2, 0.25) is 5.02 Å². The molecule has 0 heterocycles. The van der Waals surface area contributed by atoms with E-state index in [2.05, 4.69) is 5.32 Å². The van der Waals surface area contributed by atoms with E-state index in [1.54, 1.807) is 0 Å². The van der Waals surface area contributed by atoms with Gasteiger partial charge in [0, 0.05) is 17.3 Å². The number of fused-ring (bicyclic) bond motifs is 2. The summed E-state index contributed by atoms with van der Waals surface area (Å²) in [5, 5.41) is 32.9. The van der Waals surface area contributed by atoms with E-state index in [-0.39, 0.29) is 34.0 Å². The van der Waals surface area contributed by atoms with Crippen LogP contribution in [0, 0.1) is 23.5 Å². The quantitative estimate of drug-likeness (QED) is 0.455. The predicted octanol–water partition coefficient (Wildman–Crippen LogP) is 3.31. The molecule has 4 rings (SSSR count). The number of aliphatic hydroxyl groups excluding tert-OH is 2. The number of aliphatic hydroxyl groups is 3. The number of sulfone groups is 1. The van der Waals surface area contributed by atoms with E-state index in [1.165, 1.54) is 25.1 Å². The maximum atomic E-state index is 13.6. The number of hydrogen-bond donors (Lipinski definition) is 4. The molecular weight excluding hydrogens is 504 g/mol. The van der Waals surface area contributed by atoms with Crippen molar-refractivity contribution in [2.24, 2.45) is 11.8 Å². The molecule has 7 nitrogen and oxygen atoms in total. The van der Waals surface area contributed by atoms with Gasteiger partial charge in [0.25, 0.3) is 5.91 Å². The monoisotopic (exact) mass is 529 g/mol. The van der Waals surface area contributed by atoms with Gasteiger partial charge in [-0.05, 0) is 74.8 Å². The van der Waals surface area contributed by atoms with E-state index in [4.69, 9.17) is 11.6 Å². The molecule has 2 aromatic carbocycles. The zero-order valence-electron chi connectivity index (χ0n) is 18.8. The Morgan fingerprint density at radius 3 is 2.29 bits per heavy atom. The highest BCUT2D eigenvalue weighted by molar-refractivity contribution is 7.92. The summed E-state index contributed by atoms with van der Waals surface area (Å²) < 4.78 is 53.7. The zero-order valence-corrected chi connectivity index (χ0v) is 20.4. The Labute approximate surface area is 206 Å². The predicted molar refractivity (Wildman–Crippen MR) is 125 cm³/mol. The topological polar surface area (TPSA) is 124 Å². The van der Waals surface area contributed by atoms with Crippen LogP contribution in [0.5, 0.6) is 0 Å². The second-order valence-corrected chi connectivity index (χ2v) is 12.0. The number of benzene rings is 2. The van der Waals surface area contributed by atoms with Gasteiger partial charge in [-0.3, -0.25) is 4.79 Å². The minimum Gasteiger partial charge on any atom is -0.391 e. The molecule has 4 N–H and O–H groups in total. The van der Waals surface area contributed by atoms with Crippen molar-refractivity contribution in [1.82, 2.24) is 0 Å². The number of amides is 1. The first kappa shape index (κ1) is 26.0. The molecule has 6 atom stereocenters. The van der Waals surface area contributed by atoms with Crippen molar-refractivity contribution < 1.29 is 37.3 Å². The lowest BCUT2D eigenvalue weighted by Crippen LogP contribution is -2.58. The molecule has 11 heteroatoms. The van der Waals surface area contributed by atoms with Crippen molar-refractivity contribution in [1.29, 1.82) is 0 Å². The first-order chi connectivity index (χ1) is 16.4. The number of carbonyl (C=O) groups excluding carboxylic acids is 1. The van der Waals surface area contributed by atoms with Crippen molar-refractivity contribution in [3.8, 4) is 0 Å². The van der Waals surface area contributed by atoms with E-state index in [9.17, 15) is 37.3 Å². The average Bonchev–Trinajstić information content (AvgIpc) is 2.97. The van der Waals surface area contributed by atoms with Crippen LogP contribution >= 0.6 is 11.6 Å². The van der Waals surface area contributed by atoms with Crippen LogP contribution in [-0.4, -0.2) is 52.7 Å². The van der Waals surface area contributed by atoms with Crippen LogP contribution in [0.25, 0.3) is 0 Å². The molecule has 2 saturated carbocycles. The summed E-state index contributed by atoms with van der Waals surface area (Å²) >= 11 is 6.21. The summed E-state index contributed by atoms with van der Waals surface area (Å²) in [5.41, 5.74) is -1.62. The number of anilines is 1. The third-order valence-corrected chi connectivity index (χ3v) is 9.97. The Morgan fingerprint density at radius 2 is 1.71 bits per heavy atom. The van der Waals surface area contributed by atoms with Gasteiger partial charge in [0.1, 0.15) is 6.10 Å². The Balaban J connectivity index is 1.59. The Morgan fingerprint density at radius 1 is 1.09 bits per heavy atom. The molecule has 0 aromatic heterocycles. The molecule has 190 valence electrons. The summed E-state index contributed by atoms with van der Waals surface area (Å²) in [4.78, 5) is 12.4. The van der Waals surface area contributed by atoms with Gasteiger partial charge >= 0.3 is 0 Å². The fourth-order valence-corrected chi connectivity index (χ4v) is 7.89. The minimum absolute atomic E-state index is 0.00642. The maximum absolute atomic E-state index is 13.6. The molecule has 2 fully saturated rings. The lowest BCUT2D eigenvalue weighted by atomic mass is 9.70. The van der Waals surface area contributed by atoms with Gasteiger partial charge < -0.3 is 20.6 Å². The number of halogens is 3. The first-order valence-corrected chi connectivity index (χ1v) is 13.2. The molecule has 1 unspecified atom stereocenters. The van der Waals surface area contributed by atoms with Gasteiger partial charge in [-0.1, -0.05) is 11.6 Å². The number of nitrogens with one attached hydrogen (secondary N) is 1. The van der Waals surface area contributed by atoms with Gasteiger partial charge in [-0.2, -0.15) is 0 Å². The fraction of sp³-hybridized carbons (Fsp3) is 0.458. The fourth-order valence-electron chi connectivity index (χ4n) is 5.48. The minimum atomic E-state index is -4.03. The number of rotatable bonds is 6. The van der Waals surface area contributed by atoms with Crippen LogP contribution in [-0.2, 0) is 9.84 Å². The normalized spacial score (nSPS) is 27.9. The van der Waals surface area contributed by atoms with E-state index >= 15 is 0 Å². The summed E-state index contributed by atoms with van der Waals surface area (Å²) in [6.45, 7) is 1.38. The summed E-state index contributed by atoms with van der Waals surface area (Å²) in [6.07, 6.45) is -1.39. The van der Waals surface area contributed by atoms with Crippen molar-refractivity contribution in [2.75, 3.05) is 5.32 Å². The third-order valence-electron chi connectivity index (χ3n) is 7.31. The van der Waals surface area contributed by atoms with E-state index in [0.29, 0.717) is 12.8 Å². The average molecular weight is 530 g/mol. The van der Waals surface area contributed by atoms with Crippen molar-refractivity contribution in [3.05, 3.63) is 58.6 Å². The molecule has 0 spiro atoms. The summed E-state index contributed by atoms with van der Waals surface area (Å²) in [5.74, 6) is -4.00. The van der Waals surface area contributed by atoms with Gasteiger partial charge in [0.2, 0.25) is 0 Å². The highest BCUT2D eigenvalue weighted by Gasteiger charge is 2.59. The Kier molecular flexibility index (Phi) is 6.98. The molecule has 2 aliphatic rings. The maximum Gasteiger partial charge on any atom is 0.255 e. The summed E-state index contributed by atoms with van der Waals surface area (Å²) in [7, 11) is -4.03. The van der Waals surface area contributed by atoms with Gasteiger partial charge in [-0.25, -0.2) is 17.2 Å².